The Morgan fingerprint density at radius 2 is 2.30 bits per heavy atom. The molecule has 1 aliphatic rings. The summed E-state index contributed by atoms with van der Waals surface area (Å²) in [6, 6.07) is 5.73. The summed E-state index contributed by atoms with van der Waals surface area (Å²) < 4.78 is 1.84. The van der Waals surface area contributed by atoms with E-state index in [1.54, 1.807) is 12.4 Å². The number of hydrogen-bond acceptors (Lipinski definition) is 3. The lowest BCUT2D eigenvalue weighted by atomic mass is 10.1. The second-order valence-corrected chi connectivity index (χ2v) is 5.22. The van der Waals surface area contributed by atoms with Gasteiger partial charge in [-0.2, -0.15) is 0 Å². The van der Waals surface area contributed by atoms with E-state index in [-0.39, 0.29) is 11.6 Å². The summed E-state index contributed by atoms with van der Waals surface area (Å²) in [6.45, 7) is 0. The molecule has 0 saturated heterocycles. The second kappa shape index (κ2) is 3.94. The Morgan fingerprint density at radius 1 is 1.45 bits per heavy atom. The third kappa shape index (κ3) is 1.36. The lowest BCUT2D eigenvalue weighted by Gasteiger charge is -2.13. The van der Waals surface area contributed by atoms with E-state index in [0.29, 0.717) is 10.7 Å². The van der Waals surface area contributed by atoms with Crippen molar-refractivity contribution < 1.29 is 0 Å². The number of imidazole rings is 1. The zero-order chi connectivity index (χ0) is 13.9. The van der Waals surface area contributed by atoms with Gasteiger partial charge in [-0.05, 0) is 24.7 Å². The molecule has 0 saturated carbocycles. The number of nitrogens with one attached hydrogen (secondary N) is 2. The van der Waals surface area contributed by atoms with Crippen molar-refractivity contribution in [3.8, 4) is 11.3 Å². The van der Waals surface area contributed by atoms with Crippen LogP contribution in [0.15, 0.2) is 35.4 Å². The molecule has 2 N–H and O–H groups in total. The molecule has 5 nitrogen and oxygen atoms in total. The lowest BCUT2D eigenvalue weighted by Crippen LogP contribution is -2.20. The number of rotatable bonds is 1. The number of H-pyrrole nitrogens is 1. The van der Waals surface area contributed by atoms with E-state index in [9.17, 15) is 4.79 Å². The summed E-state index contributed by atoms with van der Waals surface area (Å²) in [5.41, 5.74) is 4.05. The summed E-state index contributed by atoms with van der Waals surface area (Å²) in [5.74, 6) is 0. The van der Waals surface area contributed by atoms with Gasteiger partial charge in [0.1, 0.15) is 0 Å². The average Bonchev–Trinajstić information content (AvgIpc) is 3.01. The lowest BCUT2D eigenvalue weighted by molar-refractivity contribution is 0.676. The van der Waals surface area contributed by atoms with Crippen LogP contribution in [0.5, 0.6) is 0 Å². The summed E-state index contributed by atoms with van der Waals surface area (Å²) in [7, 11) is 1.89. The number of nitrogens with zero attached hydrogens (tertiary/aromatic N) is 2. The molecule has 3 aromatic rings. The number of fused-ring (bicyclic) bond motifs is 5. The highest BCUT2D eigenvalue weighted by Gasteiger charge is 2.31. The first-order chi connectivity index (χ1) is 9.70. The predicted octanol–water partition coefficient (Wildman–Crippen LogP) is 1.97. The molecule has 2 heterocycles. The Kier molecular flexibility index (Phi) is 2.31. The quantitative estimate of drug-likeness (QED) is 0.719. The van der Waals surface area contributed by atoms with Crippen LogP contribution in [0.25, 0.3) is 16.9 Å². The van der Waals surface area contributed by atoms with Gasteiger partial charge in [0, 0.05) is 23.0 Å². The fraction of sp³-hybridized carbons (Fsp3) is 0.143. The van der Waals surface area contributed by atoms with Crippen LogP contribution in [0, 0.1) is 0 Å². The van der Waals surface area contributed by atoms with E-state index in [0.717, 1.165) is 22.5 Å². The summed E-state index contributed by atoms with van der Waals surface area (Å²) in [4.78, 5) is 19.1. The molecule has 2 aromatic heterocycles. The summed E-state index contributed by atoms with van der Waals surface area (Å²) in [6.07, 6.45) is 3.44. The Morgan fingerprint density at radius 3 is 3.10 bits per heavy atom. The topological polar surface area (TPSA) is 62.2 Å². The number of halogens is 1. The Balaban J connectivity index is 2.18. The number of benzene rings is 1. The molecule has 6 heteroatoms. The van der Waals surface area contributed by atoms with Crippen molar-refractivity contribution in [1.82, 2.24) is 19.7 Å². The fourth-order valence-corrected chi connectivity index (χ4v) is 3.12. The fourth-order valence-electron chi connectivity index (χ4n) is 2.94. The molecular weight excluding hydrogens is 276 g/mol. The smallest absolute Gasteiger partial charge is 0.292 e. The maximum Gasteiger partial charge on any atom is 0.292 e. The SMILES string of the molecule is CNC1c2ccc(Cl)cc2-c2[nH]c(=O)c3nccn3c21. The van der Waals surface area contributed by atoms with Crippen LogP contribution >= 0.6 is 11.6 Å². The molecule has 0 bridgehead atoms. The van der Waals surface area contributed by atoms with Gasteiger partial charge >= 0.3 is 0 Å². The first-order valence-corrected chi connectivity index (χ1v) is 6.65. The molecular formula is C14H11ClN4O. The highest BCUT2D eigenvalue weighted by Crippen LogP contribution is 2.42. The van der Waals surface area contributed by atoms with Gasteiger partial charge in [0.05, 0.1) is 17.4 Å². The first kappa shape index (κ1) is 11.7. The Bertz CT molecular complexity index is 896. The van der Waals surface area contributed by atoms with Gasteiger partial charge in [-0.1, -0.05) is 17.7 Å². The molecule has 1 aliphatic carbocycles. The van der Waals surface area contributed by atoms with E-state index >= 15 is 0 Å². The number of hydrogen-bond donors (Lipinski definition) is 2. The van der Waals surface area contributed by atoms with Crippen LogP contribution in [0.2, 0.25) is 5.02 Å². The van der Waals surface area contributed by atoms with Gasteiger partial charge < -0.3 is 10.3 Å². The monoisotopic (exact) mass is 286 g/mol. The molecule has 0 amide bonds. The van der Waals surface area contributed by atoms with Gasteiger partial charge in [-0.25, -0.2) is 4.98 Å². The van der Waals surface area contributed by atoms with Crippen molar-refractivity contribution in [3.05, 3.63) is 57.2 Å². The minimum absolute atomic E-state index is 0.00539. The van der Waals surface area contributed by atoms with E-state index in [1.165, 1.54) is 0 Å². The van der Waals surface area contributed by atoms with Gasteiger partial charge in [0.25, 0.3) is 5.56 Å². The zero-order valence-electron chi connectivity index (χ0n) is 10.6. The van der Waals surface area contributed by atoms with Crippen LogP contribution in [0.3, 0.4) is 0 Å². The van der Waals surface area contributed by atoms with E-state index in [1.807, 2.05) is 29.6 Å². The van der Waals surface area contributed by atoms with Crippen molar-refractivity contribution in [2.75, 3.05) is 7.05 Å². The maximum absolute atomic E-state index is 12.1. The molecule has 100 valence electrons. The van der Waals surface area contributed by atoms with Crippen molar-refractivity contribution in [1.29, 1.82) is 0 Å². The standard InChI is InChI=1S/C14H11ClN4O/c1-16-10-8-3-2-7(15)6-9(8)11-12(10)19-5-4-17-13(19)14(20)18-11/h2-6,10,16H,1H3,(H,18,20). The molecule has 0 fully saturated rings. The zero-order valence-corrected chi connectivity index (χ0v) is 11.4. The van der Waals surface area contributed by atoms with Gasteiger partial charge in [-0.3, -0.25) is 9.20 Å². The van der Waals surface area contributed by atoms with Gasteiger partial charge in [0.15, 0.2) is 0 Å². The van der Waals surface area contributed by atoms with Crippen LogP contribution in [-0.2, 0) is 0 Å². The molecule has 0 aliphatic heterocycles. The van der Waals surface area contributed by atoms with Crippen molar-refractivity contribution in [3.63, 3.8) is 0 Å². The Labute approximate surface area is 119 Å². The number of aromatic amines is 1. The largest absolute Gasteiger partial charge is 0.317 e. The van der Waals surface area contributed by atoms with Crippen LogP contribution in [0.1, 0.15) is 17.3 Å². The maximum atomic E-state index is 12.1. The molecule has 0 spiro atoms. The highest BCUT2D eigenvalue weighted by molar-refractivity contribution is 6.31. The molecule has 1 aromatic carbocycles. The van der Waals surface area contributed by atoms with Gasteiger partial charge in [-0.15, -0.1) is 0 Å². The normalized spacial score (nSPS) is 16.4. The predicted molar refractivity (Wildman–Crippen MR) is 77.2 cm³/mol. The molecule has 0 radical (unpaired) electrons. The number of aromatic nitrogens is 3. The van der Waals surface area contributed by atoms with Crippen molar-refractivity contribution in [2.24, 2.45) is 0 Å². The molecule has 1 unspecified atom stereocenters. The van der Waals surface area contributed by atoms with E-state index in [2.05, 4.69) is 15.3 Å². The first-order valence-electron chi connectivity index (χ1n) is 6.27. The van der Waals surface area contributed by atoms with Gasteiger partial charge in [0.2, 0.25) is 5.65 Å². The molecule has 4 rings (SSSR count). The third-order valence-corrected chi connectivity index (χ3v) is 3.99. The minimum Gasteiger partial charge on any atom is -0.317 e. The highest BCUT2D eigenvalue weighted by atomic mass is 35.5. The summed E-state index contributed by atoms with van der Waals surface area (Å²) >= 11 is 6.09. The minimum atomic E-state index is -0.198. The second-order valence-electron chi connectivity index (χ2n) is 4.79. The van der Waals surface area contributed by atoms with Crippen molar-refractivity contribution >= 4 is 17.2 Å². The van der Waals surface area contributed by atoms with E-state index in [4.69, 9.17) is 11.6 Å². The summed E-state index contributed by atoms with van der Waals surface area (Å²) in [5, 5.41) is 3.93. The molecule has 1 atom stereocenters. The Hall–Kier alpha value is -2.11. The molecule has 20 heavy (non-hydrogen) atoms. The average molecular weight is 287 g/mol. The van der Waals surface area contributed by atoms with Crippen molar-refractivity contribution in [2.45, 2.75) is 6.04 Å². The van der Waals surface area contributed by atoms with Crippen LogP contribution < -0.4 is 10.9 Å². The van der Waals surface area contributed by atoms with E-state index < -0.39 is 0 Å². The van der Waals surface area contributed by atoms with Crippen LogP contribution in [-0.4, -0.2) is 21.4 Å². The third-order valence-electron chi connectivity index (χ3n) is 3.76. The van der Waals surface area contributed by atoms with Crippen LogP contribution in [0.4, 0.5) is 0 Å².